The minimum Gasteiger partial charge on any atom is -0.493 e. The van der Waals surface area contributed by atoms with Gasteiger partial charge in [-0.3, -0.25) is 14.5 Å². The summed E-state index contributed by atoms with van der Waals surface area (Å²) < 4.78 is 11.1. The normalized spacial score (nSPS) is 15.6. The van der Waals surface area contributed by atoms with Gasteiger partial charge in [0.25, 0.3) is 11.8 Å². The molecule has 0 spiro atoms. The molecule has 0 aromatic heterocycles. The van der Waals surface area contributed by atoms with E-state index in [-0.39, 0.29) is 12.1 Å². The Kier molecular flexibility index (Phi) is 7.16. The van der Waals surface area contributed by atoms with E-state index >= 15 is 0 Å². The molecule has 28 heavy (non-hydrogen) atoms. The van der Waals surface area contributed by atoms with Crippen molar-refractivity contribution < 1.29 is 19.1 Å². The molecule has 1 heterocycles. The molecule has 2 rings (SSSR count). The number of nitrogens with zero attached hydrogens (tertiary/aromatic N) is 2. The lowest BCUT2D eigenvalue weighted by Gasteiger charge is -2.26. The fourth-order valence-corrected chi connectivity index (χ4v) is 2.81. The van der Waals surface area contributed by atoms with E-state index in [1.54, 1.807) is 38.3 Å². The van der Waals surface area contributed by atoms with Crippen LogP contribution in [-0.4, -0.2) is 37.0 Å². The molecule has 1 aliphatic heterocycles. The number of hydrogen-bond acceptors (Lipinski definition) is 5. The maximum atomic E-state index is 12.8. The van der Waals surface area contributed by atoms with Crippen molar-refractivity contribution in [2.75, 3.05) is 20.3 Å². The third-order valence-corrected chi connectivity index (χ3v) is 4.39. The van der Waals surface area contributed by atoms with Gasteiger partial charge in [0.2, 0.25) is 0 Å². The maximum absolute atomic E-state index is 12.8. The highest BCUT2D eigenvalue weighted by Gasteiger charge is 2.34. The van der Waals surface area contributed by atoms with Gasteiger partial charge in [-0.2, -0.15) is 5.26 Å². The molecular formula is C22H24N2O4. The molecule has 1 aromatic rings. The van der Waals surface area contributed by atoms with E-state index in [2.05, 4.69) is 13.5 Å². The third-order valence-electron chi connectivity index (χ3n) is 4.39. The highest BCUT2D eigenvalue weighted by molar-refractivity contribution is 6.19. The Balaban J connectivity index is 2.45. The van der Waals surface area contributed by atoms with Gasteiger partial charge in [-0.05, 0) is 42.7 Å². The van der Waals surface area contributed by atoms with E-state index in [0.29, 0.717) is 34.8 Å². The van der Waals surface area contributed by atoms with E-state index in [9.17, 15) is 14.9 Å². The fraction of sp³-hybridized carbons (Fsp3) is 0.318. The molecule has 146 valence electrons. The molecule has 6 nitrogen and oxygen atoms in total. The van der Waals surface area contributed by atoms with E-state index in [1.807, 2.05) is 6.07 Å². The van der Waals surface area contributed by atoms with Crippen LogP contribution < -0.4 is 9.47 Å². The molecule has 0 unspecified atom stereocenters. The summed E-state index contributed by atoms with van der Waals surface area (Å²) >= 11 is 0. The molecule has 0 aliphatic carbocycles. The first-order valence-electron chi connectivity index (χ1n) is 9.09. The van der Waals surface area contributed by atoms with Crippen LogP contribution >= 0.6 is 0 Å². The van der Waals surface area contributed by atoms with Crippen LogP contribution in [0.5, 0.6) is 11.5 Å². The summed E-state index contributed by atoms with van der Waals surface area (Å²) in [6.07, 6.45) is 5.07. The first-order chi connectivity index (χ1) is 13.5. The quantitative estimate of drug-likeness (QED) is 0.298. The van der Waals surface area contributed by atoms with Gasteiger partial charge in [0.05, 0.1) is 13.7 Å². The fourth-order valence-electron chi connectivity index (χ4n) is 2.81. The summed E-state index contributed by atoms with van der Waals surface area (Å²) in [7, 11) is 1.55. The van der Waals surface area contributed by atoms with Crippen molar-refractivity contribution in [3.63, 3.8) is 0 Å². The summed E-state index contributed by atoms with van der Waals surface area (Å²) in [6, 6.07) is 7.25. The molecule has 0 saturated heterocycles. The van der Waals surface area contributed by atoms with Crippen molar-refractivity contribution >= 4 is 17.9 Å². The predicted molar refractivity (Wildman–Crippen MR) is 107 cm³/mol. The van der Waals surface area contributed by atoms with E-state index in [4.69, 9.17) is 9.47 Å². The molecule has 0 N–H and O–H groups in total. The third kappa shape index (κ3) is 4.32. The Morgan fingerprint density at radius 2 is 2.00 bits per heavy atom. The SMILES string of the molecule is C=CCN1C(=O)C(C#N)=C(C)/C(=C\c2ccc(OCCCC)c(OC)c2)C1=O. The molecule has 0 radical (unpaired) electrons. The molecule has 2 amide bonds. The van der Waals surface area contributed by atoms with Gasteiger partial charge < -0.3 is 9.47 Å². The topological polar surface area (TPSA) is 79.6 Å². The monoisotopic (exact) mass is 380 g/mol. The van der Waals surface area contributed by atoms with Crippen LogP contribution in [0, 0.1) is 11.3 Å². The van der Waals surface area contributed by atoms with E-state index < -0.39 is 11.8 Å². The second-order valence-electron chi connectivity index (χ2n) is 6.29. The Labute approximate surface area is 165 Å². The maximum Gasteiger partial charge on any atom is 0.271 e. The van der Waals surface area contributed by atoms with Crippen LogP contribution in [0.3, 0.4) is 0 Å². The molecule has 0 bridgehead atoms. The number of amides is 2. The van der Waals surface area contributed by atoms with Gasteiger partial charge >= 0.3 is 0 Å². The van der Waals surface area contributed by atoms with Gasteiger partial charge in [-0.25, -0.2) is 0 Å². The zero-order valence-electron chi connectivity index (χ0n) is 16.4. The molecule has 0 saturated carbocycles. The van der Waals surface area contributed by atoms with Gasteiger partial charge in [-0.1, -0.05) is 25.5 Å². The second kappa shape index (κ2) is 9.56. The van der Waals surface area contributed by atoms with E-state index in [0.717, 1.165) is 17.7 Å². The lowest BCUT2D eigenvalue weighted by atomic mass is 9.93. The lowest BCUT2D eigenvalue weighted by molar-refractivity contribution is -0.139. The average Bonchev–Trinajstić information content (AvgIpc) is 2.69. The number of rotatable bonds is 8. The number of benzene rings is 1. The first-order valence-corrected chi connectivity index (χ1v) is 9.09. The molecule has 6 heteroatoms. The number of carbonyl (C=O) groups is 2. The number of hydrogen-bond donors (Lipinski definition) is 0. The predicted octanol–water partition coefficient (Wildman–Crippen LogP) is 3.65. The van der Waals surface area contributed by atoms with Gasteiger partial charge in [0.1, 0.15) is 11.6 Å². The molecule has 0 atom stereocenters. The van der Waals surface area contributed by atoms with E-state index in [1.165, 1.54) is 6.08 Å². The Hall–Kier alpha value is -3.33. The van der Waals surface area contributed by atoms with Crippen LogP contribution in [0.1, 0.15) is 32.3 Å². The number of imide groups is 1. The molecule has 1 aliphatic rings. The zero-order valence-corrected chi connectivity index (χ0v) is 16.4. The Bertz CT molecular complexity index is 890. The van der Waals surface area contributed by atoms with Gasteiger partial charge in [-0.15, -0.1) is 6.58 Å². The lowest BCUT2D eigenvalue weighted by Crippen LogP contribution is -2.42. The van der Waals surface area contributed by atoms with Crippen molar-refractivity contribution in [1.82, 2.24) is 4.90 Å². The summed E-state index contributed by atoms with van der Waals surface area (Å²) in [5, 5.41) is 9.35. The number of nitriles is 1. The van der Waals surface area contributed by atoms with Crippen molar-refractivity contribution in [3.8, 4) is 17.6 Å². The van der Waals surface area contributed by atoms with Crippen LogP contribution in [0.2, 0.25) is 0 Å². The van der Waals surface area contributed by atoms with Crippen LogP contribution in [-0.2, 0) is 9.59 Å². The summed E-state index contributed by atoms with van der Waals surface area (Å²) in [5.41, 5.74) is 1.31. The van der Waals surface area contributed by atoms with Crippen LogP contribution in [0.25, 0.3) is 6.08 Å². The summed E-state index contributed by atoms with van der Waals surface area (Å²) in [4.78, 5) is 26.2. The first kappa shape index (κ1) is 21.0. The largest absolute Gasteiger partial charge is 0.493 e. The Morgan fingerprint density at radius 1 is 1.25 bits per heavy atom. The minimum absolute atomic E-state index is 0.0424. The van der Waals surface area contributed by atoms with Gasteiger partial charge in [0, 0.05) is 12.1 Å². The summed E-state index contributed by atoms with van der Waals surface area (Å²) in [5.74, 6) is 0.124. The minimum atomic E-state index is -0.598. The number of methoxy groups -OCH3 is 1. The number of ether oxygens (including phenoxy) is 2. The summed E-state index contributed by atoms with van der Waals surface area (Å²) in [6.45, 7) is 7.90. The highest BCUT2D eigenvalue weighted by Crippen LogP contribution is 2.31. The van der Waals surface area contributed by atoms with Crippen LogP contribution in [0.15, 0.2) is 47.6 Å². The standard InChI is InChI=1S/C22H24N2O4/c1-5-7-11-28-19-9-8-16(13-20(19)27-4)12-17-15(3)18(14-23)22(26)24(10-6-2)21(17)25/h6,8-9,12-13H,2,5,7,10-11H2,1,3-4H3/b17-12+. The molecular weight excluding hydrogens is 356 g/mol. The second-order valence-corrected chi connectivity index (χ2v) is 6.29. The van der Waals surface area contributed by atoms with Crippen molar-refractivity contribution in [2.45, 2.75) is 26.7 Å². The molecule has 1 aromatic carbocycles. The highest BCUT2D eigenvalue weighted by atomic mass is 16.5. The smallest absolute Gasteiger partial charge is 0.271 e. The number of unbranched alkanes of at least 4 members (excludes halogenated alkanes) is 1. The average molecular weight is 380 g/mol. The van der Waals surface area contributed by atoms with Gasteiger partial charge in [0.15, 0.2) is 11.5 Å². The van der Waals surface area contributed by atoms with Crippen LogP contribution in [0.4, 0.5) is 0 Å². The molecule has 0 fully saturated rings. The van der Waals surface area contributed by atoms with Crippen molar-refractivity contribution in [2.24, 2.45) is 0 Å². The Morgan fingerprint density at radius 3 is 2.61 bits per heavy atom. The van der Waals surface area contributed by atoms with Crippen molar-refractivity contribution in [1.29, 1.82) is 5.26 Å². The zero-order chi connectivity index (χ0) is 20.7. The van der Waals surface area contributed by atoms with Crippen molar-refractivity contribution in [3.05, 3.63) is 53.1 Å². The number of carbonyl (C=O) groups excluding carboxylic acids is 2.